The van der Waals surface area contributed by atoms with Gasteiger partial charge in [-0.2, -0.15) is 0 Å². The van der Waals surface area contributed by atoms with Crippen molar-refractivity contribution in [3.63, 3.8) is 0 Å². The second-order valence-electron chi connectivity index (χ2n) is 5.23. The zero-order valence-corrected chi connectivity index (χ0v) is 11.4. The second-order valence-corrected chi connectivity index (χ2v) is 5.23. The van der Waals surface area contributed by atoms with E-state index in [2.05, 4.69) is 22.2 Å². The molecule has 19 heavy (non-hydrogen) atoms. The molecule has 0 saturated carbocycles. The number of nitrogens with zero attached hydrogens (tertiary/aromatic N) is 2. The van der Waals surface area contributed by atoms with Gasteiger partial charge in [0.15, 0.2) is 5.84 Å². The van der Waals surface area contributed by atoms with Gasteiger partial charge in [0.1, 0.15) is 0 Å². The summed E-state index contributed by atoms with van der Waals surface area (Å²) in [6.45, 7) is 3.39. The van der Waals surface area contributed by atoms with Crippen molar-refractivity contribution in [2.45, 2.75) is 38.6 Å². The fraction of sp³-hybridized carbons (Fsp3) is 0.533. The molecule has 1 aliphatic heterocycles. The van der Waals surface area contributed by atoms with Crippen molar-refractivity contribution in [3.8, 4) is 0 Å². The van der Waals surface area contributed by atoms with Crippen molar-refractivity contribution >= 4 is 5.84 Å². The highest BCUT2D eigenvalue weighted by Crippen LogP contribution is 2.14. The number of hydrogen-bond donors (Lipinski definition) is 2. The van der Waals surface area contributed by atoms with Gasteiger partial charge in [-0.05, 0) is 31.5 Å². The minimum absolute atomic E-state index is 0.165. The van der Waals surface area contributed by atoms with E-state index in [1.807, 2.05) is 12.1 Å². The van der Waals surface area contributed by atoms with Crippen LogP contribution in [-0.4, -0.2) is 29.0 Å². The van der Waals surface area contributed by atoms with Crippen molar-refractivity contribution in [1.29, 1.82) is 0 Å². The van der Waals surface area contributed by atoms with Crippen LogP contribution in [0.15, 0.2) is 29.4 Å². The maximum Gasteiger partial charge on any atom is 0.170 e. The Bertz CT molecular complexity index is 406. The number of hydrogen-bond acceptors (Lipinski definition) is 3. The molecular weight excluding hydrogens is 238 g/mol. The number of oxime groups is 1. The lowest BCUT2D eigenvalue weighted by Crippen LogP contribution is -2.26. The lowest BCUT2D eigenvalue weighted by molar-refractivity contribution is 0.240. The number of amidine groups is 1. The van der Waals surface area contributed by atoms with E-state index in [0.717, 1.165) is 12.1 Å². The molecule has 3 N–H and O–H groups in total. The van der Waals surface area contributed by atoms with Gasteiger partial charge >= 0.3 is 0 Å². The minimum atomic E-state index is 0.165. The van der Waals surface area contributed by atoms with Gasteiger partial charge in [0.2, 0.25) is 0 Å². The number of likely N-dealkylation sites (tertiary alicyclic amines) is 1. The molecule has 4 heteroatoms. The lowest BCUT2D eigenvalue weighted by Gasteiger charge is -2.24. The van der Waals surface area contributed by atoms with Crippen LogP contribution in [-0.2, 0) is 6.54 Å². The van der Waals surface area contributed by atoms with E-state index in [-0.39, 0.29) is 5.84 Å². The monoisotopic (exact) mass is 261 g/mol. The molecule has 1 aromatic carbocycles. The highest BCUT2D eigenvalue weighted by Gasteiger charge is 2.08. The fourth-order valence-corrected chi connectivity index (χ4v) is 2.57. The van der Waals surface area contributed by atoms with Crippen LogP contribution in [0.3, 0.4) is 0 Å². The summed E-state index contributed by atoms with van der Waals surface area (Å²) in [6, 6.07) is 7.95. The molecular formula is C15H23N3O. The molecule has 1 aliphatic rings. The molecule has 1 saturated heterocycles. The van der Waals surface area contributed by atoms with Crippen molar-refractivity contribution in [1.82, 2.24) is 4.90 Å². The molecule has 4 nitrogen and oxygen atoms in total. The Labute approximate surface area is 114 Å². The van der Waals surface area contributed by atoms with Gasteiger partial charge < -0.3 is 10.9 Å². The highest BCUT2D eigenvalue weighted by atomic mass is 16.4. The highest BCUT2D eigenvalue weighted by molar-refractivity contribution is 5.96. The molecule has 0 atom stereocenters. The SMILES string of the molecule is N/C(=N\O)c1ccc(CN2CCCCCCC2)cc1. The summed E-state index contributed by atoms with van der Waals surface area (Å²) in [4.78, 5) is 2.53. The lowest BCUT2D eigenvalue weighted by atomic mass is 10.1. The fourth-order valence-electron chi connectivity index (χ4n) is 2.57. The summed E-state index contributed by atoms with van der Waals surface area (Å²) in [5, 5.41) is 11.6. The second kappa shape index (κ2) is 7.14. The van der Waals surface area contributed by atoms with Gasteiger partial charge in [0.05, 0.1) is 0 Å². The zero-order valence-electron chi connectivity index (χ0n) is 11.4. The van der Waals surface area contributed by atoms with E-state index in [1.165, 1.54) is 50.8 Å². The standard InChI is InChI=1S/C15H23N3O/c16-15(17-19)14-8-6-13(7-9-14)12-18-10-4-2-1-3-5-11-18/h6-9,19H,1-5,10-12H2,(H2,16,17). The predicted octanol–water partition coefficient (Wildman–Crippen LogP) is 2.55. The topological polar surface area (TPSA) is 61.9 Å². The maximum absolute atomic E-state index is 8.63. The van der Waals surface area contributed by atoms with Crippen molar-refractivity contribution in [2.75, 3.05) is 13.1 Å². The Morgan fingerprint density at radius 2 is 1.63 bits per heavy atom. The summed E-state index contributed by atoms with van der Waals surface area (Å²) >= 11 is 0. The van der Waals surface area contributed by atoms with E-state index >= 15 is 0 Å². The first-order chi connectivity index (χ1) is 9.29. The number of rotatable bonds is 3. The minimum Gasteiger partial charge on any atom is -0.409 e. The molecule has 1 aromatic rings. The van der Waals surface area contributed by atoms with Gasteiger partial charge in [0, 0.05) is 12.1 Å². The average Bonchev–Trinajstić information content (AvgIpc) is 2.41. The van der Waals surface area contributed by atoms with Crippen LogP contribution in [0.2, 0.25) is 0 Å². The summed E-state index contributed by atoms with van der Waals surface area (Å²) in [5.74, 6) is 0.165. The van der Waals surface area contributed by atoms with E-state index in [9.17, 15) is 0 Å². The summed E-state index contributed by atoms with van der Waals surface area (Å²) in [6.07, 6.45) is 6.73. The first-order valence-corrected chi connectivity index (χ1v) is 7.09. The van der Waals surface area contributed by atoms with Gasteiger partial charge in [-0.3, -0.25) is 4.90 Å². The molecule has 104 valence electrons. The Balaban J connectivity index is 1.94. The van der Waals surface area contributed by atoms with Crippen LogP contribution in [0, 0.1) is 0 Å². The Morgan fingerprint density at radius 1 is 1.05 bits per heavy atom. The van der Waals surface area contributed by atoms with Crippen molar-refractivity contribution < 1.29 is 5.21 Å². The third-order valence-electron chi connectivity index (χ3n) is 3.71. The summed E-state index contributed by atoms with van der Waals surface area (Å²) in [5.41, 5.74) is 7.61. The molecule has 0 bridgehead atoms. The average molecular weight is 261 g/mol. The maximum atomic E-state index is 8.63. The van der Waals surface area contributed by atoms with Crippen LogP contribution >= 0.6 is 0 Å². The first kappa shape index (κ1) is 13.9. The first-order valence-electron chi connectivity index (χ1n) is 7.09. The van der Waals surface area contributed by atoms with E-state index < -0.39 is 0 Å². The zero-order chi connectivity index (χ0) is 13.5. The molecule has 0 aromatic heterocycles. The van der Waals surface area contributed by atoms with E-state index in [1.54, 1.807) is 0 Å². The third kappa shape index (κ3) is 4.24. The van der Waals surface area contributed by atoms with Crippen LogP contribution in [0.4, 0.5) is 0 Å². The van der Waals surface area contributed by atoms with Gasteiger partial charge in [-0.1, -0.05) is 48.7 Å². The summed E-state index contributed by atoms with van der Waals surface area (Å²) < 4.78 is 0. The van der Waals surface area contributed by atoms with Crippen LogP contribution in [0.1, 0.15) is 43.2 Å². The van der Waals surface area contributed by atoms with Gasteiger partial charge in [0.25, 0.3) is 0 Å². The molecule has 0 amide bonds. The molecule has 0 spiro atoms. The number of nitrogens with two attached hydrogens (primary N) is 1. The molecule has 0 unspecified atom stereocenters. The molecule has 1 heterocycles. The molecule has 2 rings (SSSR count). The van der Waals surface area contributed by atoms with Crippen LogP contribution < -0.4 is 5.73 Å². The Morgan fingerprint density at radius 3 is 2.21 bits per heavy atom. The molecule has 0 radical (unpaired) electrons. The quantitative estimate of drug-likeness (QED) is 0.380. The predicted molar refractivity (Wildman–Crippen MR) is 77.3 cm³/mol. The Kier molecular flexibility index (Phi) is 5.21. The van der Waals surface area contributed by atoms with Crippen molar-refractivity contribution in [2.24, 2.45) is 10.9 Å². The van der Waals surface area contributed by atoms with Crippen LogP contribution in [0.25, 0.3) is 0 Å². The Hall–Kier alpha value is -1.55. The normalized spacial score (nSPS) is 18.8. The van der Waals surface area contributed by atoms with E-state index in [0.29, 0.717) is 0 Å². The van der Waals surface area contributed by atoms with E-state index in [4.69, 9.17) is 10.9 Å². The largest absolute Gasteiger partial charge is 0.409 e. The molecule has 1 fully saturated rings. The molecule has 0 aliphatic carbocycles. The third-order valence-corrected chi connectivity index (χ3v) is 3.71. The van der Waals surface area contributed by atoms with Gasteiger partial charge in [-0.15, -0.1) is 0 Å². The van der Waals surface area contributed by atoms with Gasteiger partial charge in [-0.25, -0.2) is 0 Å². The van der Waals surface area contributed by atoms with Crippen LogP contribution in [0.5, 0.6) is 0 Å². The van der Waals surface area contributed by atoms with Crippen molar-refractivity contribution in [3.05, 3.63) is 35.4 Å². The number of benzene rings is 1. The summed E-state index contributed by atoms with van der Waals surface area (Å²) in [7, 11) is 0. The smallest absolute Gasteiger partial charge is 0.170 e.